The Balaban J connectivity index is 0.000000215. The Hall–Kier alpha value is -7.34. The van der Waals surface area contributed by atoms with Crippen molar-refractivity contribution in [1.82, 2.24) is 0 Å². The van der Waals surface area contributed by atoms with Crippen LogP contribution in [0.5, 0.6) is 0 Å². The number of hydrogen-bond donors (Lipinski definition) is 0. The molecular formula is C44H40N4O8. The minimum Gasteiger partial charge on any atom is -0.422 e. The first-order chi connectivity index (χ1) is 26.9. The lowest BCUT2D eigenvalue weighted by Crippen LogP contribution is -2.21. The highest BCUT2D eigenvalue weighted by Gasteiger charge is 2.08. The van der Waals surface area contributed by atoms with Crippen LogP contribution in [0.2, 0.25) is 0 Å². The maximum absolute atomic E-state index is 12.4. The molecule has 0 fully saturated rings. The van der Waals surface area contributed by atoms with Gasteiger partial charge in [-0.2, -0.15) is 0 Å². The van der Waals surface area contributed by atoms with Crippen LogP contribution in [-0.2, 0) is 0 Å². The molecular weight excluding hydrogens is 713 g/mol. The third kappa shape index (κ3) is 10.9. The molecule has 284 valence electrons. The zero-order valence-corrected chi connectivity index (χ0v) is 31.3. The van der Waals surface area contributed by atoms with Crippen LogP contribution in [0.3, 0.4) is 0 Å². The fourth-order valence-electron chi connectivity index (χ4n) is 5.63. The fourth-order valence-corrected chi connectivity index (χ4v) is 5.63. The molecule has 0 aliphatic rings. The van der Waals surface area contributed by atoms with Gasteiger partial charge in [-0.25, -0.2) is 9.59 Å². The standard InChI is InChI=1S/C23H22N2O4.C21H18N2O4/c1-3-24(4-2)21-12-11-19-15-20(23(26)29-22(19)16-21)10-9-17-5-7-18(8-6-17)13-14-25(27)28;1-22(2)19-10-9-17-13-18(21(24)27-20(17)14-19)8-7-15-3-5-16(6-4-15)11-12-23(25)26/h5-16H,3-4H2,1-2H3;3-14H,1-2H3/b10-9+,14-13+;8-7+,12-11+. The van der Waals surface area contributed by atoms with Gasteiger partial charge in [0.25, 0.3) is 0 Å². The molecule has 0 saturated heterocycles. The van der Waals surface area contributed by atoms with Gasteiger partial charge in [0.1, 0.15) is 11.2 Å². The van der Waals surface area contributed by atoms with Crippen LogP contribution in [-0.4, -0.2) is 37.0 Å². The first-order valence-electron chi connectivity index (χ1n) is 17.7. The van der Waals surface area contributed by atoms with E-state index in [1.165, 1.54) is 12.2 Å². The minimum atomic E-state index is -0.506. The molecule has 4 aromatic carbocycles. The second-order valence-corrected chi connectivity index (χ2v) is 12.7. The summed E-state index contributed by atoms with van der Waals surface area (Å²) in [5, 5.41) is 22.4. The molecule has 6 aromatic rings. The average molecular weight is 753 g/mol. The Morgan fingerprint density at radius 1 is 0.536 bits per heavy atom. The fraction of sp³-hybridized carbons (Fsp3) is 0.136. The Labute approximate surface area is 322 Å². The van der Waals surface area contributed by atoms with E-state index < -0.39 is 21.1 Å². The highest BCUT2D eigenvalue weighted by atomic mass is 16.6. The minimum absolute atomic E-state index is 0.393. The molecule has 0 atom stereocenters. The van der Waals surface area contributed by atoms with Gasteiger partial charge in [-0.05, 0) is 84.7 Å². The summed E-state index contributed by atoms with van der Waals surface area (Å²) in [5.74, 6) is 0. The number of nitrogens with zero attached hydrogens (tertiary/aromatic N) is 4. The lowest BCUT2D eigenvalue weighted by atomic mass is 10.1. The predicted octanol–water partition coefficient (Wildman–Crippen LogP) is 9.33. The monoisotopic (exact) mass is 752 g/mol. The molecule has 0 radical (unpaired) electrons. The normalized spacial score (nSPS) is 11.5. The first kappa shape index (κ1) is 39.9. The number of nitro groups is 2. The van der Waals surface area contributed by atoms with Gasteiger partial charge in [0, 0.05) is 73.6 Å². The SMILES string of the molecule is CCN(CC)c1ccc2cc(/C=C/c3ccc(/C=C/[N+](=O)[O-])cc3)c(=O)oc2c1.CN(C)c1ccc2cc(/C=C/c3ccc(/C=C/[N+](=O)[O-])cc3)c(=O)oc2c1. The van der Waals surface area contributed by atoms with Gasteiger partial charge in [-0.3, -0.25) is 20.2 Å². The van der Waals surface area contributed by atoms with Gasteiger partial charge in [-0.1, -0.05) is 60.7 Å². The third-order valence-electron chi connectivity index (χ3n) is 8.70. The van der Waals surface area contributed by atoms with Crippen LogP contribution < -0.4 is 21.1 Å². The van der Waals surface area contributed by atoms with Crippen molar-refractivity contribution in [2.75, 3.05) is 37.0 Å². The van der Waals surface area contributed by atoms with E-state index in [9.17, 15) is 29.8 Å². The van der Waals surface area contributed by atoms with E-state index >= 15 is 0 Å². The van der Waals surface area contributed by atoms with E-state index in [0.29, 0.717) is 22.3 Å². The predicted molar refractivity (Wildman–Crippen MR) is 226 cm³/mol. The van der Waals surface area contributed by atoms with Crippen molar-refractivity contribution in [2.45, 2.75) is 13.8 Å². The number of rotatable bonds is 12. The summed E-state index contributed by atoms with van der Waals surface area (Å²) in [6.45, 7) is 5.94. The third-order valence-corrected chi connectivity index (χ3v) is 8.70. The summed E-state index contributed by atoms with van der Waals surface area (Å²) in [6, 6.07) is 29.6. The van der Waals surface area contributed by atoms with Crippen molar-refractivity contribution in [3.63, 3.8) is 0 Å². The summed E-state index contributed by atoms with van der Waals surface area (Å²) in [5.41, 5.74) is 6.43. The van der Waals surface area contributed by atoms with E-state index in [4.69, 9.17) is 8.83 Å². The highest BCUT2D eigenvalue weighted by Crippen LogP contribution is 2.23. The van der Waals surface area contributed by atoms with Crippen molar-refractivity contribution in [1.29, 1.82) is 0 Å². The zero-order chi connectivity index (χ0) is 40.2. The topological polar surface area (TPSA) is 153 Å². The quantitative estimate of drug-likeness (QED) is 0.0671. The van der Waals surface area contributed by atoms with Crippen LogP contribution in [0.1, 0.15) is 47.2 Å². The first-order valence-corrected chi connectivity index (χ1v) is 17.7. The van der Waals surface area contributed by atoms with E-state index in [1.54, 1.807) is 48.6 Å². The zero-order valence-electron chi connectivity index (χ0n) is 31.3. The van der Waals surface area contributed by atoms with Crippen LogP contribution in [0.4, 0.5) is 11.4 Å². The molecule has 12 nitrogen and oxygen atoms in total. The molecule has 0 aliphatic carbocycles. The van der Waals surface area contributed by atoms with Gasteiger partial charge in [0.2, 0.25) is 12.4 Å². The molecule has 12 heteroatoms. The van der Waals surface area contributed by atoms with Crippen LogP contribution >= 0.6 is 0 Å². The van der Waals surface area contributed by atoms with Crippen LogP contribution in [0.15, 0.2) is 128 Å². The van der Waals surface area contributed by atoms with Crippen LogP contribution in [0.25, 0.3) is 58.4 Å². The molecule has 0 spiro atoms. The molecule has 2 heterocycles. The number of anilines is 2. The van der Waals surface area contributed by atoms with E-state index in [0.717, 1.165) is 69.9 Å². The van der Waals surface area contributed by atoms with Gasteiger partial charge in [0.05, 0.1) is 21.0 Å². The lowest BCUT2D eigenvalue weighted by Gasteiger charge is -2.20. The Kier molecular flexibility index (Phi) is 13.2. The summed E-state index contributed by atoms with van der Waals surface area (Å²) in [7, 11) is 3.85. The van der Waals surface area contributed by atoms with Gasteiger partial charge >= 0.3 is 11.3 Å². The maximum Gasteiger partial charge on any atom is 0.343 e. The van der Waals surface area contributed by atoms with E-state index in [1.807, 2.05) is 91.8 Å². The number of hydrogen-bond acceptors (Lipinski definition) is 10. The van der Waals surface area contributed by atoms with Crippen molar-refractivity contribution >= 4 is 69.8 Å². The Morgan fingerprint density at radius 2 is 0.911 bits per heavy atom. The number of fused-ring (bicyclic) bond motifs is 2. The van der Waals surface area contributed by atoms with Crippen molar-refractivity contribution in [3.8, 4) is 0 Å². The molecule has 6 rings (SSSR count). The molecule has 0 saturated carbocycles. The highest BCUT2D eigenvalue weighted by molar-refractivity contribution is 5.85. The largest absolute Gasteiger partial charge is 0.422 e. The van der Waals surface area contributed by atoms with Gasteiger partial charge in [0.15, 0.2) is 0 Å². The smallest absolute Gasteiger partial charge is 0.343 e. The van der Waals surface area contributed by atoms with Crippen molar-refractivity contribution in [2.24, 2.45) is 0 Å². The van der Waals surface area contributed by atoms with Gasteiger partial charge < -0.3 is 18.6 Å². The molecule has 0 N–H and O–H groups in total. The van der Waals surface area contributed by atoms with Crippen molar-refractivity contribution in [3.05, 3.63) is 184 Å². The summed E-state index contributed by atoms with van der Waals surface area (Å²) < 4.78 is 11.0. The summed E-state index contributed by atoms with van der Waals surface area (Å²) in [6.07, 6.45) is 11.7. The Bertz CT molecular complexity index is 2580. The maximum atomic E-state index is 12.4. The average Bonchev–Trinajstić information content (AvgIpc) is 3.19. The lowest BCUT2D eigenvalue weighted by molar-refractivity contribution is -0.401. The van der Waals surface area contributed by atoms with Gasteiger partial charge in [-0.15, -0.1) is 0 Å². The van der Waals surface area contributed by atoms with Crippen molar-refractivity contribution < 1.29 is 18.7 Å². The van der Waals surface area contributed by atoms with E-state index in [2.05, 4.69) is 18.7 Å². The second-order valence-electron chi connectivity index (χ2n) is 12.7. The molecule has 0 bridgehead atoms. The Morgan fingerprint density at radius 3 is 1.29 bits per heavy atom. The molecule has 56 heavy (non-hydrogen) atoms. The molecule has 0 amide bonds. The van der Waals surface area contributed by atoms with Crippen LogP contribution in [0, 0.1) is 20.2 Å². The summed E-state index contributed by atoms with van der Waals surface area (Å²) >= 11 is 0. The van der Waals surface area contributed by atoms with E-state index in [-0.39, 0.29) is 0 Å². The second kappa shape index (κ2) is 18.6. The number of benzene rings is 4. The molecule has 0 aliphatic heterocycles. The molecule has 2 aromatic heterocycles. The molecule has 0 unspecified atom stereocenters. The summed E-state index contributed by atoms with van der Waals surface area (Å²) in [4.78, 5) is 48.5.